The van der Waals surface area contributed by atoms with Gasteiger partial charge in [-0.25, -0.2) is 9.97 Å². The zero-order chi connectivity index (χ0) is 17.2. The second-order valence-corrected chi connectivity index (χ2v) is 7.23. The van der Waals surface area contributed by atoms with E-state index >= 15 is 0 Å². The largest absolute Gasteiger partial charge is 0.388 e. The summed E-state index contributed by atoms with van der Waals surface area (Å²) >= 11 is 1.58. The number of carbonyl (C=O) groups is 1. The molecule has 7 heteroatoms. The van der Waals surface area contributed by atoms with Gasteiger partial charge in [-0.3, -0.25) is 4.79 Å². The third kappa shape index (κ3) is 3.23. The Balaban J connectivity index is 1.76. The number of hydrogen-bond acceptors (Lipinski definition) is 6. The molecule has 6 nitrogen and oxygen atoms in total. The Morgan fingerprint density at radius 2 is 2.25 bits per heavy atom. The molecular formula is C17H24N4O2S. The second kappa shape index (κ2) is 7.03. The molecule has 0 aliphatic carbocycles. The van der Waals surface area contributed by atoms with Gasteiger partial charge in [-0.15, -0.1) is 11.3 Å². The minimum atomic E-state index is -0.825. The Bertz CT molecular complexity index is 713. The Morgan fingerprint density at radius 1 is 1.46 bits per heavy atom. The number of nitrogens with one attached hydrogen (secondary N) is 1. The lowest BCUT2D eigenvalue weighted by atomic mass is 9.97. The van der Waals surface area contributed by atoms with E-state index in [1.807, 2.05) is 25.3 Å². The zero-order valence-corrected chi connectivity index (χ0v) is 15.0. The van der Waals surface area contributed by atoms with Gasteiger partial charge >= 0.3 is 0 Å². The van der Waals surface area contributed by atoms with Crippen molar-refractivity contribution in [1.29, 1.82) is 0 Å². The Hall–Kier alpha value is -1.73. The number of hydrogen-bond donors (Lipinski definition) is 2. The molecule has 2 aromatic heterocycles. The molecule has 0 radical (unpaired) electrons. The van der Waals surface area contributed by atoms with Gasteiger partial charge in [0, 0.05) is 13.1 Å². The van der Waals surface area contributed by atoms with Gasteiger partial charge in [0.1, 0.15) is 23.0 Å². The van der Waals surface area contributed by atoms with E-state index in [0.717, 1.165) is 35.4 Å². The normalized spacial score (nSPS) is 18.3. The van der Waals surface area contributed by atoms with Gasteiger partial charge in [0.05, 0.1) is 11.0 Å². The van der Waals surface area contributed by atoms with Crippen molar-refractivity contribution >= 4 is 33.3 Å². The van der Waals surface area contributed by atoms with Crippen molar-refractivity contribution in [3.63, 3.8) is 0 Å². The summed E-state index contributed by atoms with van der Waals surface area (Å²) in [6.45, 7) is 4.98. The van der Waals surface area contributed by atoms with E-state index < -0.39 is 5.60 Å². The first-order valence-corrected chi connectivity index (χ1v) is 9.41. The van der Waals surface area contributed by atoms with Crippen LogP contribution in [0.4, 0.5) is 5.82 Å². The molecule has 130 valence electrons. The van der Waals surface area contributed by atoms with Gasteiger partial charge in [0.25, 0.3) is 0 Å². The number of rotatable bonds is 6. The molecule has 2 aromatic rings. The molecule has 1 unspecified atom stereocenters. The predicted octanol–water partition coefficient (Wildman–Crippen LogP) is 2.33. The van der Waals surface area contributed by atoms with Crippen molar-refractivity contribution in [2.45, 2.75) is 51.2 Å². The molecule has 0 aromatic carbocycles. The number of carbonyl (C=O) groups excluding carboxylic acids is 1. The monoisotopic (exact) mass is 348 g/mol. The van der Waals surface area contributed by atoms with Crippen LogP contribution in [0.1, 0.15) is 39.5 Å². The summed E-state index contributed by atoms with van der Waals surface area (Å²) in [4.78, 5) is 24.4. The van der Waals surface area contributed by atoms with Crippen molar-refractivity contribution in [2.75, 3.05) is 18.0 Å². The van der Waals surface area contributed by atoms with Gasteiger partial charge in [0.15, 0.2) is 0 Å². The highest BCUT2D eigenvalue weighted by Gasteiger charge is 2.34. The summed E-state index contributed by atoms with van der Waals surface area (Å²) in [5.74, 6) is 0.801. The number of fused-ring (bicyclic) bond motifs is 1. The van der Waals surface area contributed by atoms with Crippen LogP contribution in [-0.2, 0) is 4.79 Å². The first-order valence-electron chi connectivity index (χ1n) is 8.53. The molecular weight excluding hydrogens is 324 g/mol. The predicted molar refractivity (Wildman–Crippen MR) is 96.3 cm³/mol. The van der Waals surface area contributed by atoms with E-state index in [4.69, 9.17) is 0 Å². The van der Waals surface area contributed by atoms with E-state index in [2.05, 4.69) is 20.2 Å². The number of amides is 1. The molecule has 1 amide bonds. The number of nitrogens with zero attached hydrogens (tertiary/aromatic N) is 3. The number of aliphatic hydroxyl groups is 1. The Morgan fingerprint density at radius 3 is 3.00 bits per heavy atom. The minimum Gasteiger partial charge on any atom is -0.388 e. The van der Waals surface area contributed by atoms with E-state index in [1.165, 1.54) is 0 Å². The molecule has 0 spiro atoms. The lowest BCUT2D eigenvalue weighted by molar-refractivity contribution is -0.123. The fraction of sp³-hybridized carbons (Fsp3) is 0.588. The van der Waals surface area contributed by atoms with Crippen molar-refractivity contribution in [1.82, 2.24) is 15.3 Å². The third-order valence-corrected chi connectivity index (χ3v) is 5.80. The van der Waals surface area contributed by atoms with Crippen LogP contribution in [0.15, 0.2) is 17.8 Å². The van der Waals surface area contributed by atoms with Crippen LogP contribution in [0.5, 0.6) is 0 Å². The third-order valence-electron chi connectivity index (χ3n) is 4.98. The van der Waals surface area contributed by atoms with Crippen LogP contribution in [0, 0.1) is 0 Å². The highest BCUT2D eigenvalue weighted by molar-refractivity contribution is 7.16. The molecule has 1 saturated heterocycles. The summed E-state index contributed by atoms with van der Waals surface area (Å²) in [5.41, 5.74) is -0.825. The molecule has 24 heavy (non-hydrogen) atoms. The molecule has 1 atom stereocenters. The van der Waals surface area contributed by atoms with Crippen LogP contribution in [0.3, 0.4) is 0 Å². The van der Waals surface area contributed by atoms with E-state index in [9.17, 15) is 9.90 Å². The average molecular weight is 348 g/mol. The van der Waals surface area contributed by atoms with Gasteiger partial charge in [0.2, 0.25) is 5.91 Å². The number of anilines is 1. The summed E-state index contributed by atoms with van der Waals surface area (Å²) < 4.78 is 0. The zero-order valence-electron chi connectivity index (χ0n) is 14.2. The summed E-state index contributed by atoms with van der Waals surface area (Å²) in [7, 11) is 0. The summed E-state index contributed by atoms with van der Waals surface area (Å²) in [6, 6.07) is 1.77. The van der Waals surface area contributed by atoms with Gasteiger partial charge in [-0.1, -0.05) is 13.8 Å². The van der Waals surface area contributed by atoms with Gasteiger partial charge < -0.3 is 15.3 Å². The van der Waals surface area contributed by atoms with Crippen molar-refractivity contribution < 1.29 is 9.90 Å². The lowest BCUT2D eigenvalue weighted by Crippen LogP contribution is -2.49. The number of aromatic nitrogens is 2. The standard InChI is InChI=1S/C17H24N4O2S/c1-3-17(23,4-2)10-18-15(22)13-6-5-8-21(13)14-12-7-9-24-16(12)20-11-19-14/h7,9,11,13,23H,3-6,8,10H2,1-2H3,(H,18,22). The van der Waals surface area contributed by atoms with Crippen molar-refractivity contribution in [2.24, 2.45) is 0 Å². The smallest absolute Gasteiger partial charge is 0.242 e. The van der Waals surface area contributed by atoms with E-state index in [0.29, 0.717) is 19.4 Å². The van der Waals surface area contributed by atoms with Crippen LogP contribution in [0.2, 0.25) is 0 Å². The first kappa shape index (κ1) is 17.1. The van der Waals surface area contributed by atoms with Gasteiger partial charge in [-0.05, 0) is 37.1 Å². The number of thiophene rings is 1. The second-order valence-electron chi connectivity index (χ2n) is 6.34. The van der Waals surface area contributed by atoms with Crippen LogP contribution < -0.4 is 10.2 Å². The highest BCUT2D eigenvalue weighted by Crippen LogP contribution is 2.31. The van der Waals surface area contributed by atoms with E-state index in [1.54, 1.807) is 17.7 Å². The molecule has 0 bridgehead atoms. The molecule has 3 heterocycles. The average Bonchev–Trinajstić information content (AvgIpc) is 3.27. The first-order chi connectivity index (χ1) is 11.6. The summed E-state index contributed by atoms with van der Waals surface area (Å²) in [6.07, 6.45) is 4.57. The Labute approximate surface area is 145 Å². The molecule has 2 N–H and O–H groups in total. The maximum absolute atomic E-state index is 12.7. The van der Waals surface area contributed by atoms with Crippen LogP contribution in [-0.4, -0.2) is 45.7 Å². The van der Waals surface area contributed by atoms with Crippen molar-refractivity contribution in [3.8, 4) is 0 Å². The topological polar surface area (TPSA) is 78.4 Å². The van der Waals surface area contributed by atoms with E-state index in [-0.39, 0.29) is 11.9 Å². The summed E-state index contributed by atoms with van der Waals surface area (Å²) in [5, 5.41) is 16.3. The van der Waals surface area contributed by atoms with Crippen molar-refractivity contribution in [3.05, 3.63) is 17.8 Å². The quantitative estimate of drug-likeness (QED) is 0.838. The van der Waals surface area contributed by atoms with Crippen LogP contribution in [0.25, 0.3) is 10.2 Å². The molecule has 1 aliphatic heterocycles. The molecule has 3 rings (SSSR count). The fourth-order valence-electron chi connectivity index (χ4n) is 3.17. The maximum Gasteiger partial charge on any atom is 0.242 e. The van der Waals surface area contributed by atoms with Gasteiger partial charge in [-0.2, -0.15) is 0 Å². The Kier molecular flexibility index (Phi) is 5.01. The SMILES string of the molecule is CCC(O)(CC)CNC(=O)C1CCCN1c1ncnc2sccc12. The van der Waals surface area contributed by atoms with Crippen LogP contribution >= 0.6 is 11.3 Å². The molecule has 0 saturated carbocycles. The molecule has 1 aliphatic rings. The maximum atomic E-state index is 12.7. The highest BCUT2D eigenvalue weighted by atomic mass is 32.1. The lowest BCUT2D eigenvalue weighted by Gasteiger charge is -2.29. The minimum absolute atomic E-state index is 0.0326. The molecule has 1 fully saturated rings. The fourth-order valence-corrected chi connectivity index (χ4v) is 3.90.